The van der Waals surface area contributed by atoms with Gasteiger partial charge in [-0.1, -0.05) is 72.8 Å². The predicted molar refractivity (Wildman–Crippen MR) is 137 cm³/mol. The fourth-order valence-corrected chi connectivity index (χ4v) is 4.95. The molecule has 1 amide bonds. The highest BCUT2D eigenvalue weighted by Gasteiger charge is 2.16. The van der Waals surface area contributed by atoms with E-state index in [1.165, 1.54) is 22.2 Å². The molecule has 7 heteroatoms. The number of nitrogens with one attached hydrogen (secondary N) is 1. The summed E-state index contributed by atoms with van der Waals surface area (Å²) in [6.07, 6.45) is 0.869. The number of amides is 1. The number of carbonyl (C=O) groups is 1. The monoisotopic (exact) mass is 474 g/mol. The fourth-order valence-electron chi connectivity index (χ4n) is 3.37. The van der Waals surface area contributed by atoms with Crippen molar-refractivity contribution in [2.24, 2.45) is 0 Å². The number of hydrogen-bond donors (Lipinski definition) is 1. The van der Waals surface area contributed by atoms with Gasteiger partial charge in [0.1, 0.15) is 5.82 Å². The van der Waals surface area contributed by atoms with Gasteiger partial charge in [-0.3, -0.25) is 9.36 Å². The van der Waals surface area contributed by atoms with Crippen LogP contribution in [0.5, 0.6) is 0 Å². The molecule has 0 aliphatic rings. The molecule has 1 N–H and O–H groups in total. The Kier molecular flexibility index (Phi) is 7.86. The van der Waals surface area contributed by atoms with Crippen LogP contribution in [-0.4, -0.2) is 26.4 Å². The van der Waals surface area contributed by atoms with E-state index < -0.39 is 0 Å². The van der Waals surface area contributed by atoms with Gasteiger partial charge in [0.2, 0.25) is 5.91 Å². The lowest BCUT2D eigenvalue weighted by atomic mass is 10.1. The number of thioether (sulfide) groups is 2. The summed E-state index contributed by atoms with van der Waals surface area (Å²) in [5.41, 5.74) is 4.22. The largest absolute Gasteiger partial charge is 0.325 e. The van der Waals surface area contributed by atoms with Crippen LogP contribution in [0.2, 0.25) is 0 Å². The van der Waals surface area contributed by atoms with Gasteiger partial charge in [-0.2, -0.15) is 0 Å². The second-order valence-corrected chi connectivity index (χ2v) is 9.51. The molecule has 3 aromatic carbocycles. The number of aryl methyl sites for hydroxylation is 2. The lowest BCUT2D eigenvalue weighted by Gasteiger charge is -2.11. The Morgan fingerprint density at radius 3 is 2.39 bits per heavy atom. The molecular formula is C26H26N4OS2. The van der Waals surface area contributed by atoms with Gasteiger partial charge in [0.05, 0.1) is 11.5 Å². The van der Waals surface area contributed by atoms with E-state index >= 15 is 0 Å². The van der Waals surface area contributed by atoms with Gasteiger partial charge in [-0.15, -0.1) is 22.0 Å². The van der Waals surface area contributed by atoms with Crippen LogP contribution in [0.15, 0.2) is 88.9 Å². The summed E-state index contributed by atoms with van der Waals surface area (Å²) in [5.74, 6) is 1.74. The number of aromatic nitrogens is 3. The molecule has 0 unspecified atom stereocenters. The number of benzene rings is 3. The number of rotatable bonds is 9. The van der Waals surface area contributed by atoms with Gasteiger partial charge in [0, 0.05) is 16.3 Å². The van der Waals surface area contributed by atoms with E-state index in [0.29, 0.717) is 10.9 Å². The van der Waals surface area contributed by atoms with Crippen molar-refractivity contribution < 1.29 is 4.79 Å². The number of anilines is 1. The first-order valence-electron chi connectivity index (χ1n) is 10.8. The molecule has 1 heterocycles. The lowest BCUT2D eigenvalue weighted by Crippen LogP contribution is -2.15. The highest BCUT2D eigenvalue weighted by molar-refractivity contribution is 7.99. The van der Waals surface area contributed by atoms with E-state index in [1.807, 2.05) is 59.2 Å². The SMILES string of the molecule is CCc1ccccc1NC(=O)CSc1nnc(CSc2ccc(C)cc2)n1-c1ccccc1. The van der Waals surface area contributed by atoms with Crippen LogP contribution in [0, 0.1) is 6.92 Å². The van der Waals surface area contributed by atoms with Gasteiger partial charge < -0.3 is 5.32 Å². The summed E-state index contributed by atoms with van der Waals surface area (Å²) >= 11 is 3.12. The zero-order valence-electron chi connectivity index (χ0n) is 18.7. The maximum atomic E-state index is 12.7. The molecule has 4 rings (SSSR count). The van der Waals surface area contributed by atoms with E-state index in [2.05, 4.69) is 53.6 Å². The Morgan fingerprint density at radius 2 is 1.64 bits per heavy atom. The third kappa shape index (κ3) is 6.06. The van der Waals surface area contributed by atoms with Crippen molar-refractivity contribution in [3.05, 3.63) is 95.8 Å². The zero-order chi connectivity index (χ0) is 23.0. The van der Waals surface area contributed by atoms with E-state index in [9.17, 15) is 4.79 Å². The second kappa shape index (κ2) is 11.2. The molecule has 0 spiro atoms. The molecule has 0 aliphatic carbocycles. The molecule has 0 atom stereocenters. The average Bonchev–Trinajstić information content (AvgIpc) is 3.26. The smallest absolute Gasteiger partial charge is 0.234 e. The maximum Gasteiger partial charge on any atom is 0.234 e. The Labute approximate surface area is 203 Å². The van der Waals surface area contributed by atoms with Crippen LogP contribution in [0.4, 0.5) is 5.69 Å². The van der Waals surface area contributed by atoms with Gasteiger partial charge in [0.15, 0.2) is 5.16 Å². The van der Waals surface area contributed by atoms with Crippen LogP contribution in [0.1, 0.15) is 23.9 Å². The van der Waals surface area contributed by atoms with Crippen LogP contribution in [0.25, 0.3) is 5.69 Å². The Bertz CT molecular complexity index is 1210. The zero-order valence-corrected chi connectivity index (χ0v) is 20.3. The summed E-state index contributed by atoms with van der Waals surface area (Å²) in [5, 5.41) is 12.6. The second-order valence-electron chi connectivity index (χ2n) is 7.52. The molecule has 0 bridgehead atoms. The number of carbonyl (C=O) groups excluding carboxylic acids is 1. The van der Waals surface area contributed by atoms with E-state index in [1.54, 1.807) is 11.8 Å². The third-order valence-electron chi connectivity index (χ3n) is 5.11. The standard InChI is InChI=1S/C26H26N4OS2/c1-3-20-9-7-8-12-23(20)27-25(31)18-33-26-29-28-24(30(26)21-10-5-4-6-11-21)17-32-22-15-13-19(2)14-16-22/h4-16H,3,17-18H2,1-2H3,(H,27,31). The average molecular weight is 475 g/mol. The topological polar surface area (TPSA) is 59.8 Å². The molecule has 4 aromatic rings. The summed E-state index contributed by atoms with van der Waals surface area (Å²) < 4.78 is 2.04. The van der Waals surface area contributed by atoms with Gasteiger partial charge >= 0.3 is 0 Å². The van der Waals surface area contributed by atoms with E-state index in [0.717, 1.165) is 29.2 Å². The first-order valence-corrected chi connectivity index (χ1v) is 12.8. The molecule has 0 fully saturated rings. The Balaban J connectivity index is 1.49. The highest BCUT2D eigenvalue weighted by Crippen LogP contribution is 2.27. The lowest BCUT2D eigenvalue weighted by molar-refractivity contribution is -0.113. The van der Waals surface area contributed by atoms with Gasteiger partial charge in [0.25, 0.3) is 0 Å². The van der Waals surface area contributed by atoms with Crippen LogP contribution in [-0.2, 0) is 17.0 Å². The molecular weight excluding hydrogens is 448 g/mol. The molecule has 5 nitrogen and oxygen atoms in total. The Hall–Kier alpha value is -3.03. The molecule has 168 valence electrons. The van der Waals surface area contributed by atoms with Crippen molar-refractivity contribution in [2.75, 3.05) is 11.1 Å². The van der Waals surface area contributed by atoms with Crippen LogP contribution >= 0.6 is 23.5 Å². The molecule has 0 aliphatic heterocycles. The molecule has 0 saturated heterocycles. The fraction of sp³-hybridized carbons (Fsp3) is 0.192. The number of hydrogen-bond acceptors (Lipinski definition) is 5. The van der Waals surface area contributed by atoms with Crippen molar-refractivity contribution in [1.29, 1.82) is 0 Å². The molecule has 0 saturated carbocycles. The quantitative estimate of drug-likeness (QED) is 0.294. The third-order valence-corrected chi connectivity index (χ3v) is 7.05. The van der Waals surface area contributed by atoms with Gasteiger partial charge in [-0.05, 0) is 49.2 Å². The predicted octanol–water partition coefficient (Wildman–Crippen LogP) is 6.16. The van der Waals surface area contributed by atoms with Crippen molar-refractivity contribution >= 4 is 35.1 Å². The minimum atomic E-state index is -0.0564. The molecule has 33 heavy (non-hydrogen) atoms. The summed E-state index contributed by atoms with van der Waals surface area (Å²) in [6, 6.07) is 26.4. The first kappa shape index (κ1) is 23.1. The normalized spacial score (nSPS) is 10.8. The molecule has 0 radical (unpaired) electrons. The van der Waals surface area contributed by atoms with E-state index in [4.69, 9.17) is 0 Å². The number of nitrogens with zero attached hydrogens (tertiary/aromatic N) is 3. The van der Waals surface area contributed by atoms with E-state index in [-0.39, 0.29) is 11.7 Å². The van der Waals surface area contributed by atoms with Crippen LogP contribution in [0.3, 0.4) is 0 Å². The summed E-state index contributed by atoms with van der Waals surface area (Å²) in [6.45, 7) is 4.17. The minimum absolute atomic E-state index is 0.0564. The first-order chi connectivity index (χ1) is 16.1. The number of para-hydroxylation sites is 2. The Morgan fingerprint density at radius 1 is 0.909 bits per heavy atom. The van der Waals surface area contributed by atoms with Crippen LogP contribution < -0.4 is 5.32 Å². The van der Waals surface area contributed by atoms with Crippen molar-refractivity contribution in [1.82, 2.24) is 14.8 Å². The summed E-state index contributed by atoms with van der Waals surface area (Å²) in [4.78, 5) is 13.8. The summed E-state index contributed by atoms with van der Waals surface area (Å²) in [7, 11) is 0. The van der Waals surface area contributed by atoms with Gasteiger partial charge in [-0.25, -0.2) is 0 Å². The van der Waals surface area contributed by atoms with Crippen molar-refractivity contribution in [3.63, 3.8) is 0 Å². The minimum Gasteiger partial charge on any atom is -0.325 e. The van der Waals surface area contributed by atoms with Crippen molar-refractivity contribution in [2.45, 2.75) is 36.1 Å². The van der Waals surface area contributed by atoms with Crippen molar-refractivity contribution in [3.8, 4) is 5.69 Å². The highest BCUT2D eigenvalue weighted by atomic mass is 32.2. The molecule has 1 aromatic heterocycles. The maximum absolute atomic E-state index is 12.7.